The van der Waals surface area contributed by atoms with Gasteiger partial charge in [0.25, 0.3) is 11.7 Å². The van der Waals surface area contributed by atoms with E-state index in [1.165, 1.54) is 11.9 Å². The highest BCUT2D eigenvalue weighted by atomic mass is 16.5. The van der Waals surface area contributed by atoms with Crippen LogP contribution in [0.2, 0.25) is 0 Å². The first kappa shape index (κ1) is 17.8. The van der Waals surface area contributed by atoms with Crippen LogP contribution in [0.4, 0.5) is 4.79 Å². The van der Waals surface area contributed by atoms with Crippen LogP contribution < -0.4 is 9.73 Å². The number of benzene rings is 1. The smallest absolute Gasteiger partial charge is 0.417 e. The van der Waals surface area contributed by atoms with Crippen molar-refractivity contribution < 1.29 is 19.3 Å². The van der Waals surface area contributed by atoms with Gasteiger partial charge in [0.1, 0.15) is 5.75 Å². The molecule has 2 heterocycles. The van der Waals surface area contributed by atoms with Crippen molar-refractivity contribution in [1.29, 1.82) is 0 Å². The lowest BCUT2D eigenvalue weighted by molar-refractivity contribution is -0.383. The molecular formula is C19H23N4O3+. The molecule has 1 atom stereocenters. The number of rotatable bonds is 4. The van der Waals surface area contributed by atoms with E-state index in [0.717, 1.165) is 28.2 Å². The van der Waals surface area contributed by atoms with Crippen molar-refractivity contribution in [1.82, 2.24) is 9.80 Å². The van der Waals surface area contributed by atoms with Gasteiger partial charge in [-0.2, -0.15) is 4.90 Å². The van der Waals surface area contributed by atoms with E-state index in [4.69, 9.17) is 9.73 Å². The molecule has 26 heavy (non-hydrogen) atoms. The Balaban J connectivity index is 1.83. The predicted molar refractivity (Wildman–Crippen MR) is 98.1 cm³/mol. The van der Waals surface area contributed by atoms with Gasteiger partial charge in [0.15, 0.2) is 5.92 Å². The summed E-state index contributed by atoms with van der Waals surface area (Å²) in [5.41, 5.74) is 2.72. The molecule has 136 valence electrons. The summed E-state index contributed by atoms with van der Waals surface area (Å²) in [6.07, 6.45) is 2.53. The molecular weight excluding hydrogens is 332 g/mol. The maximum Gasteiger partial charge on any atom is 0.417 e. The molecule has 1 unspecified atom stereocenters. The zero-order chi connectivity index (χ0) is 18.8. The van der Waals surface area contributed by atoms with Crippen LogP contribution in [-0.2, 0) is 11.2 Å². The Kier molecular flexibility index (Phi) is 4.88. The zero-order valence-corrected chi connectivity index (χ0v) is 15.4. The number of hydrogen-bond donors (Lipinski definition) is 1. The number of nitrogens with one attached hydrogen (secondary N) is 1. The maximum absolute atomic E-state index is 12.7. The van der Waals surface area contributed by atoms with E-state index < -0.39 is 5.92 Å². The van der Waals surface area contributed by atoms with Crippen molar-refractivity contribution in [3.8, 4) is 5.75 Å². The van der Waals surface area contributed by atoms with Gasteiger partial charge in [0, 0.05) is 19.2 Å². The normalized spacial score (nSPS) is 21.5. The van der Waals surface area contributed by atoms with Gasteiger partial charge in [-0.05, 0) is 31.0 Å². The molecule has 0 bridgehead atoms. The molecule has 1 aromatic rings. The van der Waals surface area contributed by atoms with Gasteiger partial charge in [-0.15, -0.1) is 0 Å². The summed E-state index contributed by atoms with van der Waals surface area (Å²) in [7, 11) is 4.80. The number of amidine groups is 1. The van der Waals surface area contributed by atoms with Crippen molar-refractivity contribution in [2.75, 3.05) is 27.7 Å². The molecule has 2 aliphatic heterocycles. The molecule has 1 aromatic carbocycles. The summed E-state index contributed by atoms with van der Waals surface area (Å²) < 4.78 is 5.24. The number of methoxy groups -OCH3 is 1. The zero-order valence-electron chi connectivity index (χ0n) is 15.4. The first-order chi connectivity index (χ1) is 12.4. The van der Waals surface area contributed by atoms with E-state index in [0.29, 0.717) is 18.1 Å². The number of allylic oxidation sites excluding steroid dienone is 1. The SMILES string of the molecule is COc1cccc(CCN=C2C(C)=C[NH+]=C3C2C(=O)N(C)C(=O)N3C)c1. The topological polar surface area (TPSA) is 76.2 Å². The Morgan fingerprint density at radius 2 is 2.00 bits per heavy atom. The third-order valence-electron chi connectivity index (χ3n) is 4.72. The van der Waals surface area contributed by atoms with Crippen LogP contribution in [0.1, 0.15) is 12.5 Å². The van der Waals surface area contributed by atoms with E-state index in [1.807, 2.05) is 31.2 Å². The van der Waals surface area contributed by atoms with E-state index >= 15 is 0 Å². The summed E-state index contributed by atoms with van der Waals surface area (Å²) in [4.78, 5) is 35.2. The summed E-state index contributed by atoms with van der Waals surface area (Å²) >= 11 is 0. The summed E-state index contributed by atoms with van der Waals surface area (Å²) in [6, 6.07) is 7.51. The standard InChI is InChI=1S/C19H22N4O3/c1-12-11-21-17-15(18(24)23(3)19(25)22(17)2)16(12)20-9-8-13-6-5-7-14(10-13)26-4/h5-7,10-11,15H,8-9H2,1-4H3/p+1. The van der Waals surface area contributed by atoms with Gasteiger partial charge in [-0.25, -0.2) is 14.7 Å². The van der Waals surface area contributed by atoms with Crippen molar-refractivity contribution in [2.45, 2.75) is 13.3 Å². The largest absolute Gasteiger partial charge is 0.497 e. The van der Waals surface area contributed by atoms with Gasteiger partial charge in [-0.1, -0.05) is 12.1 Å². The van der Waals surface area contributed by atoms with Crippen molar-refractivity contribution in [2.24, 2.45) is 10.9 Å². The lowest BCUT2D eigenvalue weighted by Crippen LogP contribution is -2.80. The highest BCUT2D eigenvalue weighted by Gasteiger charge is 2.50. The second kappa shape index (κ2) is 7.11. The number of aliphatic imine (C=N–C) groups is 1. The quantitative estimate of drug-likeness (QED) is 0.839. The molecule has 0 spiro atoms. The first-order valence-corrected chi connectivity index (χ1v) is 8.47. The van der Waals surface area contributed by atoms with E-state index in [2.05, 4.69) is 4.99 Å². The number of nitrogens with zero attached hydrogens (tertiary/aromatic N) is 3. The number of carbonyl (C=O) groups is 2. The molecule has 3 amide bonds. The lowest BCUT2D eigenvalue weighted by Gasteiger charge is -2.32. The Morgan fingerprint density at radius 1 is 1.23 bits per heavy atom. The van der Waals surface area contributed by atoms with Gasteiger partial charge >= 0.3 is 6.03 Å². The second-order valence-electron chi connectivity index (χ2n) is 6.40. The number of urea groups is 1. The summed E-state index contributed by atoms with van der Waals surface area (Å²) in [5.74, 6) is 0.540. The molecule has 2 aliphatic rings. The Bertz CT molecular complexity index is 841. The molecule has 3 rings (SSSR count). The molecule has 1 N–H and O–H groups in total. The molecule has 0 radical (unpaired) electrons. The van der Waals surface area contributed by atoms with Crippen LogP contribution in [0.5, 0.6) is 5.75 Å². The van der Waals surface area contributed by atoms with Crippen LogP contribution in [0.3, 0.4) is 0 Å². The number of carbonyl (C=O) groups excluding carboxylic acids is 2. The molecule has 1 fully saturated rings. The minimum atomic E-state index is -0.571. The fourth-order valence-electron chi connectivity index (χ4n) is 3.19. The van der Waals surface area contributed by atoms with Crippen LogP contribution in [0.25, 0.3) is 0 Å². The van der Waals surface area contributed by atoms with Gasteiger partial charge < -0.3 is 4.74 Å². The van der Waals surface area contributed by atoms with Crippen LogP contribution >= 0.6 is 0 Å². The average molecular weight is 355 g/mol. The fourth-order valence-corrected chi connectivity index (χ4v) is 3.19. The summed E-state index contributed by atoms with van der Waals surface area (Å²) in [5, 5.41) is 0. The average Bonchev–Trinajstić information content (AvgIpc) is 2.66. The molecule has 7 heteroatoms. The second-order valence-corrected chi connectivity index (χ2v) is 6.40. The van der Waals surface area contributed by atoms with Crippen molar-refractivity contribution >= 4 is 23.5 Å². The van der Waals surface area contributed by atoms with E-state index in [9.17, 15) is 9.59 Å². The number of fused-ring (bicyclic) bond motifs is 1. The molecule has 1 saturated heterocycles. The Labute approximate surface area is 152 Å². The number of ether oxygens (including phenoxy) is 1. The van der Waals surface area contributed by atoms with Gasteiger partial charge in [0.2, 0.25) is 0 Å². The summed E-state index contributed by atoms with van der Waals surface area (Å²) in [6.45, 7) is 2.46. The fraction of sp³-hybridized carbons (Fsp3) is 0.368. The monoisotopic (exact) mass is 355 g/mol. The number of hydrogen-bond acceptors (Lipinski definition) is 4. The molecule has 7 nitrogen and oxygen atoms in total. The van der Waals surface area contributed by atoms with Crippen LogP contribution in [-0.4, -0.2) is 61.0 Å². The van der Waals surface area contributed by atoms with Gasteiger partial charge in [0.05, 0.1) is 26.1 Å². The highest BCUT2D eigenvalue weighted by molar-refractivity contribution is 6.31. The molecule has 0 saturated carbocycles. The molecule has 0 aromatic heterocycles. The Morgan fingerprint density at radius 3 is 2.73 bits per heavy atom. The minimum absolute atomic E-state index is 0.261. The van der Waals surface area contributed by atoms with Crippen LogP contribution in [0.15, 0.2) is 41.0 Å². The van der Waals surface area contributed by atoms with Crippen molar-refractivity contribution in [3.63, 3.8) is 0 Å². The van der Waals surface area contributed by atoms with E-state index in [1.54, 1.807) is 20.4 Å². The highest BCUT2D eigenvalue weighted by Crippen LogP contribution is 2.21. The minimum Gasteiger partial charge on any atom is -0.497 e. The first-order valence-electron chi connectivity index (χ1n) is 8.47. The van der Waals surface area contributed by atoms with Crippen LogP contribution in [0, 0.1) is 5.92 Å². The van der Waals surface area contributed by atoms with E-state index in [-0.39, 0.29) is 11.9 Å². The Hall–Kier alpha value is -2.96. The van der Waals surface area contributed by atoms with Crippen molar-refractivity contribution in [3.05, 3.63) is 41.6 Å². The number of amides is 3. The lowest BCUT2D eigenvalue weighted by atomic mass is 9.91. The third kappa shape index (κ3) is 3.12. The third-order valence-corrected chi connectivity index (χ3v) is 4.72. The predicted octanol–water partition coefficient (Wildman–Crippen LogP) is 0.215. The van der Waals surface area contributed by atoms with Gasteiger partial charge in [-0.3, -0.25) is 9.79 Å². The molecule has 0 aliphatic carbocycles. The number of imide groups is 1. The maximum atomic E-state index is 12.7.